The minimum Gasteiger partial charge on any atom is -0.381 e. The molecule has 0 amide bonds. The zero-order valence-corrected chi connectivity index (χ0v) is 12.2. The van der Waals surface area contributed by atoms with Crippen LogP contribution in [0.1, 0.15) is 49.5 Å². The summed E-state index contributed by atoms with van der Waals surface area (Å²) in [5.41, 5.74) is 1.12. The van der Waals surface area contributed by atoms with Crippen LogP contribution in [0.4, 0.5) is 5.82 Å². The van der Waals surface area contributed by atoms with Crippen molar-refractivity contribution in [2.75, 3.05) is 24.7 Å². The third kappa shape index (κ3) is 2.66. The number of nitrogens with zero attached hydrogens (tertiary/aromatic N) is 3. The van der Waals surface area contributed by atoms with Gasteiger partial charge in [-0.2, -0.15) is 0 Å². The Morgan fingerprint density at radius 1 is 1.20 bits per heavy atom. The van der Waals surface area contributed by atoms with Gasteiger partial charge >= 0.3 is 0 Å². The molecule has 2 heterocycles. The molecule has 0 N–H and O–H groups in total. The smallest absolute Gasteiger partial charge is 0.134 e. The molecule has 3 aliphatic rings. The summed E-state index contributed by atoms with van der Waals surface area (Å²) < 4.78 is 5.53. The Bertz CT molecular complexity index is 490. The average molecular weight is 273 g/mol. The van der Waals surface area contributed by atoms with Crippen LogP contribution in [0.3, 0.4) is 0 Å². The van der Waals surface area contributed by atoms with E-state index < -0.39 is 0 Å². The van der Waals surface area contributed by atoms with Crippen molar-refractivity contribution in [2.45, 2.75) is 51.0 Å². The standard InChI is InChI=1S/C16H23N3O/c1-11-8-15(18-16(17-11)13-2-3-13)19(14-4-5-14)9-12-6-7-20-10-12/h8,12-14H,2-7,9-10H2,1H3/t12-/m0/s1. The summed E-state index contributed by atoms with van der Waals surface area (Å²) in [5.74, 6) is 3.54. The molecule has 1 aliphatic heterocycles. The lowest BCUT2D eigenvalue weighted by atomic mass is 10.1. The maximum atomic E-state index is 5.53. The van der Waals surface area contributed by atoms with Crippen LogP contribution in [0.15, 0.2) is 6.07 Å². The number of aromatic nitrogens is 2. The van der Waals surface area contributed by atoms with E-state index in [4.69, 9.17) is 9.72 Å². The zero-order valence-electron chi connectivity index (χ0n) is 12.2. The SMILES string of the molecule is Cc1cc(N(C[C@@H]2CCOC2)C2CC2)nc(C2CC2)n1. The van der Waals surface area contributed by atoms with E-state index >= 15 is 0 Å². The lowest BCUT2D eigenvalue weighted by Crippen LogP contribution is -2.33. The molecule has 0 bridgehead atoms. The highest BCUT2D eigenvalue weighted by atomic mass is 16.5. The Morgan fingerprint density at radius 2 is 2.05 bits per heavy atom. The van der Waals surface area contributed by atoms with E-state index in [0.29, 0.717) is 17.9 Å². The first-order valence-electron chi connectivity index (χ1n) is 7.99. The molecule has 1 aromatic heterocycles. The van der Waals surface area contributed by atoms with Crippen LogP contribution in [0.25, 0.3) is 0 Å². The molecule has 4 nitrogen and oxygen atoms in total. The highest BCUT2D eigenvalue weighted by Crippen LogP contribution is 2.39. The maximum absolute atomic E-state index is 5.53. The van der Waals surface area contributed by atoms with E-state index in [2.05, 4.69) is 22.9 Å². The van der Waals surface area contributed by atoms with Gasteiger partial charge in [-0.3, -0.25) is 0 Å². The van der Waals surface area contributed by atoms with E-state index in [9.17, 15) is 0 Å². The topological polar surface area (TPSA) is 38.2 Å². The Hall–Kier alpha value is -1.16. The van der Waals surface area contributed by atoms with Gasteiger partial charge in [-0.15, -0.1) is 0 Å². The van der Waals surface area contributed by atoms with Crippen LogP contribution in [-0.4, -0.2) is 35.8 Å². The molecule has 0 spiro atoms. The van der Waals surface area contributed by atoms with E-state index in [0.717, 1.165) is 37.1 Å². The van der Waals surface area contributed by atoms with Crippen LogP contribution in [0.5, 0.6) is 0 Å². The maximum Gasteiger partial charge on any atom is 0.134 e. The van der Waals surface area contributed by atoms with Crippen molar-refractivity contribution in [3.63, 3.8) is 0 Å². The monoisotopic (exact) mass is 273 g/mol. The average Bonchev–Trinajstić information content (AvgIpc) is 3.35. The van der Waals surface area contributed by atoms with Crippen LogP contribution < -0.4 is 4.90 Å². The van der Waals surface area contributed by atoms with Crippen molar-refractivity contribution >= 4 is 5.82 Å². The lowest BCUT2D eigenvalue weighted by Gasteiger charge is -2.26. The van der Waals surface area contributed by atoms with Gasteiger partial charge in [-0.1, -0.05) is 0 Å². The van der Waals surface area contributed by atoms with E-state index in [1.165, 1.54) is 32.1 Å². The Kier molecular flexibility index (Phi) is 3.14. The molecule has 4 heteroatoms. The molecule has 2 saturated carbocycles. The van der Waals surface area contributed by atoms with Crippen LogP contribution in [0, 0.1) is 12.8 Å². The second-order valence-corrected chi connectivity index (χ2v) is 6.61. The summed E-state index contributed by atoms with van der Waals surface area (Å²) in [6, 6.07) is 2.87. The van der Waals surface area contributed by atoms with Crippen molar-refractivity contribution in [3.8, 4) is 0 Å². The summed E-state index contributed by atoms with van der Waals surface area (Å²) >= 11 is 0. The zero-order chi connectivity index (χ0) is 13.5. The molecule has 2 aliphatic carbocycles. The number of anilines is 1. The van der Waals surface area contributed by atoms with Gasteiger partial charge in [-0.25, -0.2) is 9.97 Å². The molecular formula is C16H23N3O. The van der Waals surface area contributed by atoms with Crippen molar-refractivity contribution in [1.82, 2.24) is 9.97 Å². The van der Waals surface area contributed by atoms with Gasteiger partial charge in [0, 0.05) is 42.8 Å². The van der Waals surface area contributed by atoms with Gasteiger partial charge in [0.25, 0.3) is 0 Å². The van der Waals surface area contributed by atoms with Gasteiger partial charge in [0.05, 0.1) is 6.61 Å². The van der Waals surface area contributed by atoms with Crippen LogP contribution in [-0.2, 0) is 4.74 Å². The Morgan fingerprint density at radius 3 is 2.70 bits per heavy atom. The Balaban J connectivity index is 1.58. The molecule has 1 atom stereocenters. The largest absolute Gasteiger partial charge is 0.381 e. The normalized spacial score (nSPS) is 25.9. The highest BCUT2D eigenvalue weighted by Gasteiger charge is 2.34. The lowest BCUT2D eigenvalue weighted by molar-refractivity contribution is 0.186. The summed E-state index contributed by atoms with van der Waals surface area (Å²) in [6.45, 7) is 5.05. The molecule has 0 radical (unpaired) electrons. The first kappa shape index (κ1) is 12.6. The number of hydrogen-bond acceptors (Lipinski definition) is 4. The summed E-state index contributed by atoms with van der Waals surface area (Å²) in [5, 5.41) is 0. The molecular weight excluding hydrogens is 250 g/mol. The molecule has 0 aromatic carbocycles. The predicted molar refractivity (Wildman–Crippen MR) is 78.0 cm³/mol. The molecule has 3 fully saturated rings. The Labute approximate surface area is 120 Å². The van der Waals surface area contributed by atoms with Gasteiger partial charge in [0.15, 0.2) is 0 Å². The number of rotatable bonds is 5. The van der Waals surface area contributed by atoms with Crippen LogP contribution >= 0.6 is 0 Å². The van der Waals surface area contributed by atoms with Gasteiger partial charge in [0.2, 0.25) is 0 Å². The van der Waals surface area contributed by atoms with E-state index in [-0.39, 0.29) is 0 Å². The van der Waals surface area contributed by atoms with Crippen molar-refractivity contribution in [3.05, 3.63) is 17.6 Å². The third-order valence-electron chi connectivity index (χ3n) is 4.56. The second kappa shape index (κ2) is 4.99. The summed E-state index contributed by atoms with van der Waals surface area (Å²) in [6.07, 6.45) is 6.36. The fraction of sp³-hybridized carbons (Fsp3) is 0.750. The molecule has 4 rings (SSSR count). The third-order valence-corrected chi connectivity index (χ3v) is 4.56. The summed E-state index contributed by atoms with van der Waals surface area (Å²) in [7, 11) is 0. The highest BCUT2D eigenvalue weighted by molar-refractivity contribution is 5.43. The van der Waals surface area contributed by atoms with Gasteiger partial charge in [-0.05, 0) is 39.0 Å². The van der Waals surface area contributed by atoms with Crippen molar-refractivity contribution < 1.29 is 4.74 Å². The number of aryl methyl sites for hydroxylation is 1. The molecule has 1 saturated heterocycles. The van der Waals surface area contributed by atoms with Crippen LogP contribution in [0.2, 0.25) is 0 Å². The fourth-order valence-corrected chi connectivity index (χ4v) is 3.07. The number of ether oxygens (including phenoxy) is 1. The first-order valence-corrected chi connectivity index (χ1v) is 7.99. The minimum absolute atomic E-state index is 0.629. The van der Waals surface area contributed by atoms with Gasteiger partial charge < -0.3 is 9.64 Å². The van der Waals surface area contributed by atoms with Gasteiger partial charge in [0.1, 0.15) is 11.6 Å². The van der Waals surface area contributed by atoms with E-state index in [1.807, 2.05) is 0 Å². The molecule has 0 unspecified atom stereocenters. The first-order chi connectivity index (χ1) is 9.79. The summed E-state index contributed by atoms with van der Waals surface area (Å²) in [4.78, 5) is 12.0. The van der Waals surface area contributed by atoms with Crippen molar-refractivity contribution in [1.29, 1.82) is 0 Å². The minimum atomic E-state index is 0.629. The molecule has 108 valence electrons. The molecule has 20 heavy (non-hydrogen) atoms. The second-order valence-electron chi connectivity index (χ2n) is 6.61. The fourth-order valence-electron chi connectivity index (χ4n) is 3.07. The molecule has 1 aromatic rings. The number of hydrogen-bond donors (Lipinski definition) is 0. The van der Waals surface area contributed by atoms with E-state index in [1.54, 1.807) is 0 Å². The quantitative estimate of drug-likeness (QED) is 0.826. The van der Waals surface area contributed by atoms with Crippen molar-refractivity contribution in [2.24, 2.45) is 5.92 Å². The predicted octanol–water partition coefficient (Wildman–Crippen LogP) is 2.67.